The maximum absolute atomic E-state index is 11.9. The molecule has 0 radical (unpaired) electrons. The van der Waals surface area contributed by atoms with Gasteiger partial charge in [0.2, 0.25) is 11.8 Å². The number of ether oxygens (including phenoxy) is 1. The van der Waals surface area contributed by atoms with Gasteiger partial charge in [-0.2, -0.15) is 0 Å². The molecule has 3 rings (SSSR count). The Morgan fingerprint density at radius 2 is 2.13 bits per heavy atom. The zero-order valence-electron chi connectivity index (χ0n) is 13.0. The fraction of sp³-hybridized carbons (Fsp3) is 0.562. The van der Waals surface area contributed by atoms with Crippen LogP contribution in [0, 0.1) is 0 Å². The van der Waals surface area contributed by atoms with Crippen molar-refractivity contribution in [2.75, 3.05) is 6.54 Å². The van der Waals surface area contributed by atoms with Gasteiger partial charge in [0.1, 0.15) is 12.1 Å². The van der Waals surface area contributed by atoms with Gasteiger partial charge in [0, 0.05) is 25.4 Å². The fourth-order valence-corrected chi connectivity index (χ4v) is 2.86. The lowest BCUT2D eigenvalue weighted by molar-refractivity contribution is -0.122. The summed E-state index contributed by atoms with van der Waals surface area (Å²) in [6, 6.07) is 2.92. The van der Waals surface area contributed by atoms with Crippen LogP contribution >= 0.6 is 0 Å². The molecule has 0 bridgehead atoms. The van der Waals surface area contributed by atoms with Crippen molar-refractivity contribution in [3.05, 3.63) is 23.9 Å². The monoisotopic (exact) mass is 318 g/mol. The summed E-state index contributed by atoms with van der Waals surface area (Å²) in [6.45, 7) is 0.693. The molecule has 3 amide bonds. The van der Waals surface area contributed by atoms with Gasteiger partial charge in [-0.1, -0.05) is 12.5 Å². The third kappa shape index (κ3) is 4.34. The van der Waals surface area contributed by atoms with E-state index in [4.69, 9.17) is 4.74 Å². The maximum Gasteiger partial charge on any atom is 0.315 e. The van der Waals surface area contributed by atoms with Crippen molar-refractivity contribution in [3.63, 3.8) is 0 Å². The van der Waals surface area contributed by atoms with Gasteiger partial charge in [0.05, 0.1) is 0 Å². The minimum Gasteiger partial charge on any atom is -0.474 e. The summed E-state index contributed by atoms with van der Waals surface area (Å²) >= 11 is 0. The summed E-state index contributed by atoms with van der Waals surface area (Å²) in [5.74, 6) is 0.435. The molecule has 2 aliphatic rings. The predicted molar refractivity (Wildman–Crippen MR) is 83.9 cm³/mol. The van der Waals surface area contributed by atoms with Gasteiger partial charge in [-0.15, -0.1) is 0 Å². The maximum atomic E-state index is 11.9. The summed E-state index contributed by atoms with van der Waals surface area (Å²) in [4.78, 5) is 27.2. The van der Waals surface area contributed by atoms with E-state index in [1.165, 1.54) is 19.3 Å². The zero-order chi connectivity index (χ0) is 16.1. The second-order valence-electron chi connectivity index (χ2n) is 6.01. The average molecular weight is 318 g/mol. The first kappa shape index (κ1) is 15.6. The number of pyridine rings is 1. The molecule has 1 saturated carbocycles. The van der Waals surface area contributed by atoms with Gasteiger partial charge < -0.3 is 20.7 Å². The number of hydrogen-bond donors (Lipinski definition) is 3. The molecule has 0 unspecified atom stereocenters. The molecule has 0 spiro atoms. The van der Waals surface area contributed by atoms with Gasteiger partial charge in [0.25, 0.3) is 0 Å². The van der Waals surface area contributed by atoms with Crippen LogP contribution < -0.4 is 20.7 Å². The Morgan fingerprint density at radius 3 is 2.78 bits per heavy atom. The number of nitrogens with one attached hydrogen (secondary N) is 3. The zero-order valence-corrected chi connectivity index (χ0v) is 13.0. The number of amides is 3. The first-order valence-corrected chi connectivity index (χ1v) is 8.14. The summed E-state index contributed by atoms with van der Waals surface area (Å²) < 4.78 is 5.87. The lowest BCUT2D eigenvalue weighted by Crippen LogP contribution is -2.42. The largest absolute Gasteiger partial charge is 0.474 e. The molecule has 2 heterocycles. The minimum atomic E-state index is -0.510. The van der Waals surface area contributed by atoms with Crippen molar-refractivity contribution < 1.29 is 14.3 Å². The number of aromatic nitrogens is 1. The van der Waals surface area contributed by atoms with E-state index in [9.17, 15) is 9.59 Å². The Hall–Kier alpha value is -2.31. The summed E-state index contributed by atoms with van der Waals surface area (Å²) in [5.41, 5.74) is 0.895. The van der Waals surface area contributed by atoms with Crippen LogP contribution in [0.1, 0.15) is 37.7 Å². The molecule has 1 aliphatic carbocycles. The number of rotatable bonds is 5. The molecule has 1 atom stereocenters. The second kappa shape index (κ2) is 7.30. The van der Waals surface area contributed by atoms with E-state index >= 15 is 0 Å². The van der Waals surface area contributed by atoms with E-state index < -0.39 is 6.04 Å². The molecular weight excluding hydrogens is 296 g/mol. The molecule has 3 N–H and O–H groups in total. The molecule has 124 valence electrons. The third-order valence-electron chi connectivity index (χ3n) is 4.19. The number of nitrogens with zero attached hydrogens (tertiary/aromatic N) is 1. The van der Waals surface area contributed by atoms with Crippen LogP contribution in [0.2, 0.25) is 0 Å². The van der Waals surface area contributed by atoms with Crippen molar-refractivity contribution in [3.8, 4) is 5.88 Å². The van der Waals surface area contributed by atoms with Gasteiger partial charge in [-0.25, -0.2) is 9.78 Å². The van der Waals surface area contributed by atoms with Crippen molar-refractivity contribution in [2.45, 2.75) is 50.8 Å². The average Bonchev–Trinajstić information content (AvgIpc) is 3.01. The van der Waals surface area contributed by atoms with E-state index in [1.807, 2.05) is 12.1 Å². The van der Waals surface area contributed by atoms with E-state index in [0.29, 0.717) is 19.0 Å². The van der Waals surface area contributed by atoms with Crippen molar-refractivity contribution in [2.24, 2.45) is 0 Å². The molecule has 2 fully saturated rings. The summed E-state index contributed by atoms with van der Waals surface area (Å²) in [6.07, 6.45) is 7.93. The van der Waals surface area contributed by atoms with Crippen LogP contribution in [0.5, 0.6) is 5.88 Å². The van der Waals surface area contributed by atoms with Gasteiger partial charge in [-0.3, -0.25) is 4.79 Å². The first-order valence-electron chi connectivity index (χ1n) is 8.14. The molecule has 1 aliphatic heterocycles. The van der Waals surface area contributed by atoms with E-state index in [0.717, 1.165) is 18.4 Å². The van der Waals surface area contributed by atoms with E-state index in [-0.39, 0.29) is 18.0 Å². The van der Waals surface area contributed by atoms with Crippen molar-refractivity contribution in [1.82, 2.24) is 20.9 Å². The quantitative estimate of drug-likeness (QED) is 0.758. The molecule has 1 aromatic heterocycles. The van der Waals surface area contributed by atoms with Crippen LogP contribution in [0.25, 0.3) is 0 Å². The number of hydrogen-bond acceptors (Lipinski definition) is 4. The third-order valence-corrected chi connectivity index (χ3v) is 4.19. The van der Waals surface area contributed by atoms with Crippen LogP contribution in [0.3, 0.4) is 0 Å². The topological polar surface area (TPSA) is 92.4 Å². The van der Waals surface area contributed by atoms with E-state index in [2.05, 4.69) is 20.9 Å². The molecule has 23 heavy (non-hydrogen) atoms. The smallest absolute Gasteiger partial charge is 0.315 e. The lowest BCUT2D eigenvalue weighted by Gasteiger charge is -2.22. The van der Waals surface area contributed by atoms with Crippen LogP contribution in [0.15, 0.2) is 18.3 Å². The summed E-state index contributed by atoms with van der Waals surface area (Å²) in [7, 11) is 0. The molecule has 1 saturated heterocycles. The molecule has 7 nitrogen and oxygen atoms in total. The minimum absolute atomic E-state index is 0.203. The number of urea groups is 1. The lowest BCUT2D eigenvalue weighted by atomic mass is 9.98. The van der Waals surface area contributed by atoms with Crippen molar-refractivity contribution in [1.29, 1.82) is 0 Å². The number of carbonyl (C=O) groups is 2. The Labute approximate surface area is 135 Å². The highest BCUT2D eigenvalue weighted by molar-refractivity contribution is 5.90. The standard InChI is InChI=1S/C16H22N4O3/c21-15(13-10-19-16(22)20-13)18-9-11-6-7-14(17-8-11)23-12-4-2-1-3-5-12/h6-8,12-13H,1-5,9-10H2,(H,18,21)(H2,19,20,22)/t13-/m1/s1. The van der Waals surface area contributed by atoms with Gasteiger partial charge >= 0.3 is 6.03 Å². The Kier molecular flexibility index (Phi) is 4.95. The second-order valence-corrected chi connectivity index (χ2v) is 6.01. The first-order chi connectivity index (χ1) is 11.2. The Bertz CT molecular complexity index is 555. The Balaban J connectivity index is 1.45. The molecule has 7 heteroatoms. The molecular formula is C16H22N4O3. The van der Waals surface area contributed by atoms with E-state index in [1.54, 1.807) is 6.20 Å². The van der Waals surface area contributed by atoms with Crippen LogP contribution in [-0.2, 0) is 11.3 Å². The van der Waals surface area contributed by atoms with Gasteiger partial charge in [0.15, 0.2) is 0 Å². The Morgan fingerprint density at radius 1 is 1.30 bits per heavy atom. The molecule has 0 aromatic carbocycles. The fourth-order valence-electron chi connectivity index (χ4n) is 2.86. The predicted octanol–water partition coefficient (Wildman–Crippen LogP) is 1.09. The van der Waals surface area contributed by atoms with Crippen LogP contribution in [-0.4, -0.2) is 35.6 Å². The highest BCUT2D eigenvalue weighted by atomic mass is 16.5. The normalized spacial score (nSPS) is 21.4. The van der Waals surface area contributed by atoms with Crippen LogP contribution in [0.4, 0.5) is 4.79 Å². The number of carbonyl (C=O) groups excluding carboxylic acids is 2. The summed E-state index contributed by atoms with van der Waals surface area (Å²) in [5, 5.41) is 7.89. The van der Waals surface area contributed by atoms with Crippen molar-refractivity contribution >= 4 is 11.9 Å². The molecule has 1 aromatic rings. The highest BCUT2D eigenvalue weighted by Crippen LogP contribution is 2.22. The highest BCUT2D eigenvalue weighted by Gasteiger charge is 2.26. The van der Waals surface area contributed by atoms with Gasteiger partial charge in [-0.05, 0) is 31.2 Å². The SMILES string of the molecule is O=C1NC[C@H](C(=O)NCc2ccc(OC3CCCCC3)nc2)N1.